The third kappa shape index (κ3) is 3.64. The summed E-state index contributed by atoms with van der Waals surface area (Å²) in [5, 5.41) is 10.6. The second kappa shape index (κ2) is 8.41. The van der Waals surface area contributed by atoms with Gasteiger partial charge in [0.05, 0.1) is 37.0 Å². The molecule has 4 aromatic heterocycles. The van der Waals surface area contributed by atoms with Gasteiger partial charge in [0.15, 0.2) is 5.65 Å². The highest BCUT2D eigenvalue weighted by Crippen LogP contribution is 2.26. The third-order valence-corrected chi connectivity index (χ3v) is 6.39. The molecule has 5 aromatic rings. The van der Waals surface area contributed by atoms with Gasteiger partial charge in [-0.15, -0.1) is 0 Å². The number of amides is 1. The van der Waals surface area contributed by atoms with Crippen molar-refractivity contribution in [3.8, 4) is 16.8 Å². The molecule has 10 nitrogen and oxygen atoms in total. The summed E-state index contributed by atoms with van der Waals surface area (Å²) in [7, 11) is 0. The molecular formula is C25H22N6O4. The van der Waals surface area contributed by atoms with E-state index in [2.05, 4.69) is 15.0 Å². The fraction of sp³-hybridized carbons (Fsp3) is 0.200. The van der Waals surface area contributed by atoms with Crippen molar-refractivity contribution in [3.05, 3.63) is 77.6 Å². The van der Waals surface area contributed by atoms with Gasteiger partial charge in [-0.05, 0) is 30.3 Å². The van der Waals surface area contributed by atoms with E-state index in [1.54, 1.807) is 21.5 Å². The molecule has 5 heterocycles. The molecule has 0 bridgehead atoms. The number of benzene rings is 1. The molecule has 35 heavy (non-hydrogen) atoms. The van der Waals surface area contributed by atoms with Crippen LogP contribution in [0.25, 0.3) is 39.0 Å². The molecule has 1 aliphatic heterocycles. The van der Waals surface area contributed by atoms with Crippen molar-refractivity contribution in [2.24, 2.45) is 0 Å². The maximum Gasteiger partial charge on any atom is 0.407 e. The van der Waals surface area contributed by atoms with Crippen LogP contribution in [0.5, 0.6) is 0 Å². The molecule has 0 saturated carbocycles. The van der Waals surface area contributed by atoms with Crippen LogP contribution in [-0.2, 0) is 11.3 Å². The largest absolute Gasteiger partial charge is 0.465 e. The number of para-hydroxylation sites is 1. The molecule has 2 N–H and O–H groups in total. The number of aromatic amines is 1. The number of hydrogen-bond acceptors (Lipinski definition) is 5. The Hall–Kier alpha value is -4.44. The van der Waals surface area contributed by atoms with E-state index in [0.29, 0.717) is 23.5 Å². The van der Waals surface area contributed by atoms with Crippen LogP contribution in [0.2, 0.25) is 0 Å². The smallest absolute Gasteiger partial charge is 0.407 e. The lowest BCUT2D eigenvalue weighted by molar-refractivity contribution is -0.00537. The average Bonchev–Trinajstić information content (AvgIpc) is 3.46. The molecular weight excluding hydrogens is 448 g/mol. The minimum atomic E-state index is -1.03. The number of fused-ring (bicyclic) bond motifs is 2. The lowest BCUT2D eigenvalue weighted by Crippen LogP contribution is -2.50. The molecule has 0 spiro atoms. The molecule has 1 aliphatic rings. The van der Waals surface area contributed by atoms with Gasteiger partial charge in [-0.3, -0.25) is 9.47 Å². The third-order valence-electron chi connectivity index (χ3n) is 6.39. The van der Waals surface area contributed by atoms with Crippen LogP contribution in [0.1, 0.15) is 0 Å². The van der Waals surface area contributed by atoms with Gasteiger partial charge in [0.2, 0.25) is 0 Å². The molecule has 1 saturated heterocycles. The first kappa shape index (κ1) is 21.1. The van der Waals surface area contributed by atoms with Gasteiger partial charge in [0.25, 0.3) is 0 Å². The highest BCUT2D eigenvalue weighted by molar-refractivity contribution is 5.84. The Labute approximate surface area is 199 Å². The minimum absolute atomic E-state index is 0.154. The Balaban J connectivity index is 1.52. The van der Waals surface area contributed by atoms with Gasteiger partial charge >= 0.3 is 11.8 Å². The van der Waals surface area contributed by atoms with E-state index in [1.807, 2.05) is 54.7 Å². The Morgan fingerprint density at radius 1 is 1.11 bits per heavy atom. The van der Waals surface area contributed by atoms with Gasteiger partial charge in [0, 0.05) is 41.6 Å². The Morgan fingerprint density at radius 3 is 2.74 bits per heavy atom. The normalized spacial score (nSPS) is 16.2. The van der Waals surface area contributed by atoms with Crippen molar-refractivity contribution in [1.29, 1.82) is 0 Å². The van der Waals surface area contributed by atoms with Crippen LogP contribution in [0.15, 0.2) is 71.9 Å². The summed E-state index contributed by atoms with van der Waals surface area (Å²) in [4.78, 5) is 39.1. The molecule has 176 valence electrons. The summed E-state index contributed by atoms with van der Waals surface area (Å²) in [5.41, 5.74) is 3.98. The zero-order valence-corrected chi connectivity index (χ0v) is 18.7. The number of aromatic nitrogens is 5. The maximum absolute atomic E-state index is 13.7. The van der Waals surface area contributed by atoms with Crippen LogP contribution >= 0.6 is 0 Å². The fourth-order valence-corrected chi connectivity index (χ4v) is 4.64. The second-order valence-corrected chi connectivity index (χ2v) is 8.48. The van der Waals surface area contributed by atoms with Gasteiger partial charge < -0.3 is 14.8 Å². The number of carbonyl (C=O) groups is 1. The van der Waals surface area contributed by atoms with Gasteiger partial charge in [-0.25, -0.2) is 24.1 Å². The Bertz CT molecular complexity index is 1600. The number of nitrogens with one attached hydrogen (secondary N) is 1. The summed E-state index contributed by atoms with van der Waals surface area (Å²) < 4.78 is 8.70. The summed E-state index contributed by atoms with van der Waals surface area (Å²) in [6.07, 6.45) is 4.30. The first-order valence-corrected chi connectivity index (χ1v) is 11.3. The number of H-pyrrole nitrogens is 1. The van der Waals surface area contributed by atoms with Crippen LogP contribution in [0, 0.1) is 0 Å². The van der Waals surface area contributed by atoms with Crippen molar-refractivity contribution in [3.63, 3.8) is 0 Å². The topological polar surface area (TPSA) is 118 Å². The van der Waals surface area contributed by atoms with Crippen LogP contribution in [-0.4, -0.2) is 66.0 Å². The van der Waals surface area contributed by atoms with Gasteiger partial charge in [-0.2, -0.15) is 0 Å². The summed E-state index contributed by atoms with van der Waals surface area (Å²) in [5.74, 6) is 0. The van der Waals surface area contributed by atoms with E-state index in [9.17, 15) is 14.7 Å². The van der Waals surface area contributed by atoms with E-state index in [-0.39, 0.29) is 25.4 Å². The maximum atomic E-state index is 13.7. The average molecular weight is 470 g/mol. The zero-order chi connectivity index (χ0) is 23.9. The molecule has 10 heteroatoms. The minimum Gasteiger partial charge on any atom is -0.465 e. The molecule has 1 unspecified atom stereocenters. The summed E-state index contributed by atoms with van der Waals surface area (Å²) >= 11 is 0. The summed E-state index contributed by atoms with van der Waals surface area (Å²) in [6, 6.07) is 14.7. The van der Waals surface area contributed by atoms with E-state index < -0.39 is 12.1 Å². The SMILES string of the molecule is O=C(O)N1CCOCC1Cn1c(=O)n(-c2ccccc2)c2ncc(-c3cnc4[nH]ccc4c3)cc21. The van der Waals surface area contributed by atoms with Crippen molar-refractivity contribution < 1.29 is 14.6 Å². The number of morpholine rings is 1. The number of hydrogen-bond donors (Lipinski definition) is 2. The van der Waals surface area contributed by atoms with E-state index in [4.69, 9.17) is 4.74 Å². The standard InChI is InChI=1S/C25H22N6O4/c32-24-30(14-20-15-35-9-8-29(20)25(33)34)21-11-18(17-10-16-6-7-26-22(16)27-12-17)13-28-23(21)31(24)19-4-2-1-3-5-19/h1-7,10-13,20H,8-9,14-15H2,(H,26,27)(H,33,34). The first-order valence-electron chi connectivity index (χ1n) is 11.3. The molecule has 1 atom stereocenters. The van der Waals surface area contributed by atoms with E-state index in [0.717, 1.165) is 22.2 Å². The number of pyridine rings is 2. The molecule has 1 fully saturated rings. The van der Waals surface area contributed by atoms with Crippen LogP contribution in [0.3, 0.4) is 0 Å². The quantitative estimate of drug-likeness (QED) is 0.417. The first-order chi connectivity index (χ1) is 17.1. The monoisotopic (exact) mass is 470 g/mol. The Kier molecular flexibility index (Phi) is 5.07. The molecule has 0 aliphatic carbocycles. The predicted octanol–water partition coefficient (Wildman–Crippen LogP) is 3.11. The lowest BCUT2D eigenvalue weighted by Gasteiger charge is -2.33. The number of rotatable bonds is 4. The molecule has 6 rings (SSSR count). The fourth-order valence-electron chi connectivity index (χ4n) is 4.64. The number of nitrogens with zero attached hydrogens (tertiary/aromatic N) is 5. The Morgan fingerprint density at radius 2 is 1.91 bits per heavy atom. The van der Waals surface area contributed by atoms with Crippen LogP contribution < -0.4 is 5.69 Å². The van der Waals surface area contributed by atoms with Gasteiger partial charge in [-0.1, -0.05) is 18.2 Å². The predicted molar refractivity (Wildman–Crippen MR) is 130 cm³/mol. The second-order valence-electron chi connectivity index (χ2n) is 8.48. The van der Waals surface area contributed by atoms with Gasteiger partial charge in [0.1, 0.15) is 5.65 Å². The van der Waals surface area contributed by atoms with Crippen molar-refractivity contribution >= 4 is 28.3 Å². The number of imidazole rings is 1. The number of carboxylic acid groups (broad SMARTS) is 1. The zero-order valence-electron chi connectivity index (χ0n) is 18.7. The van der Waals surface area contributed by atoms with Crippen molar-refractivity contribution in [2.45, 2.75) is 12.6 Å². The van der Waals surface area contributed by atoms with E-state index >= 15 is 0 Å². The van der Waals surface area contributed by atoms with Crippen molar-refractivity contribution in [2.75, 3.05) is 19.8 Å². The highest BCUT2D eigenvalue weighted by Gasteiger charge is 2.29. The van der Waals surface area contributed by atoms with Crippen molar-refractivity contribution in [1.82, 2.24) is 29.0 Å². The molecule has 0 radical (unpaired) electrons. The lowest BCUT2D eigenvalue weighted by atomic mass is 10.1. The van der Waals surface area contributed by atoms with Crippen LogP contribution in [0.4, 0.5) is 4.79 Å². The summed E-state index contributed by atoms with van der Waals surface area (Å²) in [6.45, 7) is 0.974. The molecule has 1 aromatic carbocycles. The number of ether oxygens (including phenoxy) is 1. The molecule has 1 amide bonds. The highest BCUT2D eigenvalue weighted by atomic mass is 16.5. The van der Waals surface area contributed by atoms with E-state index in [1.165, 1.54) is 4.90 Å².